The van der Waals surface area contributed by atoms with Crippen LogP contribution in [0.4, 0.5) is 5.69 Å². The highest BCUT2D eigenvalue weighted by molar-refractivity contribution is 9.10. The number of halogens is 2. The largest absolute Gasteiger partial charge is 0.379 e. The molecule has 0 aliphatic heterocycles. The van der Waals surface area contributed by atoms with Gasteiger partial charge in [0.25, 0.3) is 0 Å². The quantitative estimate of drug-likeness (QED) is 0.832. The summed E-state index contributed by atoms with van der Waals surface area (Å²) in [7, 11) is 0. The molecule has 1 heterocycles. The van der Waals surface area contributed by atoms with Gasteiger partial charge in [0.2, 0.25) is 0 Å². The highest BCUT2D eigenvalue weighted by Gasteiger charge is 2.01. The van der Waals surface area contributed by atoms with Gasteiger partial charge in [-0.2, -0.15) is 0 Å². The Morgan fingerprint density at radius 1 is 1.31 bits per heavy atom. The molecule has 0 amide bonds. The van der Waals surface area contributed by atoms with Crippen molar-refractivity contribution in [2.45, 2.75) is 13.5 Å². The van der Waals surface area contributed by atoms with Crippen LogP contribution in [0.5, 0.6) is 0 Å². The van der Waals surface area contributed by atoms with Crippen molar-refractivity contribution in [1.29, 1.82) is 0 Å². The van der Waals surface area contributed by atoms with E-state index in [2.05, 4.69) is 46.4 Å². The van der Waals surface area contributed by atoms with E-state index in [1.165, 1.54) is 10.4 Å². The molecule has 0 aliphatic rings. The van der Waals surface area contributed by atoms with Gasteiger partial charge in [0, 0.05) is 21.6 Å². The summed E-state index contributed by atoms with van der Waals surface area (Å²) < 4.78 is 1.92. The lowest BCUT2D eigenvalue weighted by molar-refractivity contribution is 1.18. The van der Waals surface area contributed by atoms with Crippen LogP contribution in [-0.4, -0.2) is 0 Å². The smallest absolute Gasteiger partial charge is 0.0931 e. The highest BCUT2D eigenvalue weighted by Crippen LogP contribution is 2.26. The first kappa shape index (κ1) is 12.0. The van der Waals surface area contributed by atoms with Crippen molar-refractivity contribution in [2.75, 3.05) is 5.32 Å². The maximum absolute atomic E-state index is 5.88. The molecule has 2 rings (SSSR count). The van der Waals surface area contributed by atoms with Gasteiger partial charge < -0.3 is 5.32 Å². The minimum absolute atomic E-state index is 0.805. The minimum Gasteiger partial charge on any atom is -0.379 e. The first-order valence-corrected chi connectivity index (χ1v) is 6.88. The summed E-state index contributed by atoms with van der Waals surface area (Å²) in [5, 5.41) is 3.39. The zero-order chi connectivity index (χ0) is 11.5. The Morgan fingerprint density at radius 3 is 2.81 bits per heavy atom. The van der Waals surface area contributed by atoms with Crippen LogP contribution < -0.4 is 5.32 Å². The lowest BCUT2D eigenvalue weighted by atomic mass is 10.2. The van der Waals surface area contributed by atoms with E-state index >= 15 is 0 Å². The zero-order valence-electron chi connectivity index (χ0n) is 8.76. The SMILES string of the molecule is Cc1ccc(Br)c(NCc2ccc(Cl)s2)c1. The van der Waals surface area contributed by atoms with Gasteiger partial charge in [-0.15, -0.1) is 11.3 Å². The van der Waals surface area contributed by atoms with E-state index in [1.807, 2.05) is 12.1 Å². The van der Waals surface area contributed by atoms with Gasteiger partial charge in [-0.3, -0.25) is 0 Å². The van der Waals surface area contributed by atoms with E-state index in [0.29, 0.717) is 0 Å². The molecule has 1 aromatic heterocycles. The monoisotopic (exact) mass is 315 g/mol. The first-order valence-electron chi connectivity index (χ1n) is 4.89. The van der Waals surface area contributed by atoms with Crippen molar-refractivity contribution >= 4 is 44.6 Å². The van der Waals surface area contributed by atoms with Gasteiger partial charge in [0.15, 0.2) is 0 Å². The van der Waals surface area contributed by atoms with Crippen LogP contribution >= 0.6 is 38.9 Å². The molecule has 0 spiro atoms. The van der Waals surface area contributed by atoms with Gasteiger partial charge in [0.1, 0.15) is 0 Å². The third kappa shape index (κ3) is 3.00. The molecular weight excluding hydrogens is 306 g/mol. The molecule has 1 nitrogen and oxygen atoms in total. The van der Waals surface area contributed by atoms with E-state index in [4.69, 9.17) is 11.6 Å². The van der Waals surface area contributed by atoms with Gasteiger partial charge in [-0.1, -0.05) is 17.7 Å². The van der Waals surface area contributed by atoms with E-state index < -0.39 is 0 Å². The van der Waals surface area contributed by atoms with Crippen molar-refractivity contribution in [2.24, 2.45) is 0 Å². The van der Waals surface area contributed by atoms with Crippen molar-refractivity contribution in [3.05, 3.63) is 49.6 Å². The fourth-order valence-corrected chi connectivity index (χ4v) is 2.82. The Hall–Kier alpha value is -0.510. The summed E-state index contributed by atoms with van der Waals surface area (Å²) >= 11 is 11.0. The Balaban J connectivity index is 2.07. The van der Waals surface area contributed by atoms with Crippen LogP contribution in [0.2, 0.25) is 4.34 Å². The number of anilines is 1. The number of hydrogen-bond acceptors (Lipinski definition) is 2. The summed E-state index contributed by atoms with van der Waals surface area (Å²) in [6.45, 7) is 2.89. The fourth-order valence-electron chi connectivity index (χ4n) is 1.40. The molecule has 0 fully saturated rings. The molecule has 1 N–H and O–H groups in total. The standard InChI is InChI=1S/C12H11BrClNS/c1-8-2-4-10(13)11(6-8)15-7-9-3-5-12(14)16-9/h2-6,15H,7H2,1H3. The van der Waals surface area contributed by atoms with Gasteiger partial charge in [-0.25, -0.2) is 0 Å². The van der Waals surface area contributed by atoms with Gasteiger partial charge in [0.05, 0.1) is 4.34 Å². The average Bonchev–Trinajstić information content (AvgIpc) is 2.66. The summed E-state index contributed by atoms with van der Waals surface area (Å²) in [5.41, 5.74) is 2.36. The number of nitrogens with one attached hydrogen (secondary N) is 1. The second-order valence-corrected chi connectivity index (χ2v) is 6.20. The van der Waals surface area contributed by atoms with Gasteiger partial charge in [-0.05, 0) is 52.7 Å². The van der Waals surface area contributed by atoms with Crippen molar-refractivity contribution in [3.63, 3.8) is 0 Å². The first-order chi connectivity index (χ1) is 7.65. The molecule has 0 aliphatic carbocycles. The number of aryl methyl sites for hydroxylation is 1. The lowest BCUT2D eigenvalue weighted by Crippen LogP contribution is -1.98. The number of hydrogen-bond donors (Lipinski definition) is 1. The molecule has 4 heteroatoms. The van der Waals surface area contributed by atoms with Crippen LogP contribution in [0.1, 0.15) is 10.4 Å². The Bertz CT molecular complexity index is 496. The third-order valence-corrected chi connectivity index (χ3v) is 4.13. The molecule has 0 unspecified atom stereocenters. The number of rotatable bonds is 3. The molecule has 0 saturated heterocycles. The number of thiophene rings is 1. The molecule has 84 valence electrons. The zero-order valence-corrected chi connectivity index (χ0v) is 11.9. The van der Waals surface area contributed by atoms with Crippen LogP contribution in [0.3, 0.4) is 0 Å². The lowest BCUT2D eigenvalue weighted by Gasteiger charge is -2.08. The molecule has 2 aromatic rings. The van der Waals surface area contributed by atoms with E-state index in [-0.39, 0.29) is 0 Å². The molecule has 1 aromatic carbocycles. The third-order valence-electron chi connectivity index (χ3n) is 2.20. The summed E-state index contributed by atoms with van der Waals surface area (Å²) in [6.07, 6.45) is 0. The van der Waals surface area contributed by atoms with E-state index in [1.54, 1.807) is 11.3 Å². The molecule has 16 heavy (non-hydrogen) atoms. The summed E-state index contributed by atoms with van der Waals surface area (Å²) in [4.78, 5) is 1.23. The normalized spacial score (nSPS) is 10.4. The Morgan fingerprint density at radius 2 is 2.12 bits per heavy atom. The van der Waals surface area contributed by atoms with Gasteiger partial charge >= 0.3 is 0 Å². The second kappa shape index (κ2) is 5.21. The molecule has 0 saturated carbocycles. The minimum atomic E-state index is 0.805. The fraction of sp³-hybridized carbons (Fsp3) is 0.167. The molecule has 0 radical (unpaired) electrons. The van der Waals surface area contributed by atoms with Crippen LogP contribution in [0.15, 0.2) is 34.8 Å². The predicted molar refractivity (Wildman–Crippen MR) is 75.5 cm³/mol. The van der Waals surface area contributed by atoms with Crippen molar-refractivity contribution in [1.82, 2.24) is 0 Å². The molecule has 0 atom stereocenters. The van der Waals surface area contributed by atoms with Crippen LogP contribution in [0, 0.1) is 6.92 Å². The maximum atomic E-state index is 5.88. The van der Waals surface area contributed by atoms with Crippen LogP contribution in [-0.2, 0) is 6.54 Å². The number of benzene rings is 1. The van der Waals surface area contributed by atoms with Crippen molar-refractivity contribution < 1.29 is 0 Å². The van der Waals surface area contributed by atoms with Crippen LogP contribution in [0.25, 0.3) is 0 Å². The van der Waals surface area contributed by atoms with E-state index in [9.17, 15) is 0 Å². The average molecular weight is 317 g/mol. The van der Waals surface area contributed by atoms with E-state index in [0.717, 1.165) is 21.0 Å². The van der Waals surface area contributed by atoms with Crippen molar-refractivity contribution in [3.8, 4) is 0 Å². The Kier molecular flexibility index (Phi) is 3.90. The Labute approximate surface area is 113 Å². The topological polar surface area (TPSA) is 12.0 Å². The summed E-state index contributed by atoms with van der Waals surface area (Å²) in [6, 6.07) is 10.2. The second-order valence-electron chi connectivity index (χ2n) is 3.54. The highest BCUT2D eigenvalue weighted by atomic mass is 79.9. The summed E-state index contributed by atoms with van der Waals surface area (Å²) in [5.74, 6) is 0. The predicted octanol–water partition coefficient (Wildman–Crippen LogP) is 5.08. The molecule has 0 bridgehead atoms. The maximum Gasteiger partial charge on any atom is 0.0931 e. The molecular formula is C12H11BrClNS.